The van der Waals surface area contributed by atoms with E-state index in [4.69, 9.17) is 0 Å². The van der Waals surface area contributed by atoms with E-state index >= 15 is 0 Å². The summed E-state index contributed by atoms with van der Waals surface area (Å²) in [5, 5.41) is 0. The highest BCUT2D eigenvalue weighted by molar-refractivity contribution is 6.77. The van der Waals surface area contributed by atoms with Gasteiger partial charge in [0.25, 0.3) is 0 Å². The molecule has 0 saturated heterocycles. The molecule has 1 unspecified atom stereocenters. The zero-order valence-corrected chi connectivity index (χ0v) is 7.56. The van der Waals surface area contributed by atoms with E-state index < -0.39 is 13.0 Å². The molecule has 0 rings (SSSR count). The van der Waals surface area contributed by atoms with Crippen molar-refractivity contribution in [3.05, 3.63) is 0 Å². The zero-order valence-electron chi connectivity index (χ0n) is 7.56. The average molecular weight is 163 g/mol. The number of carbonyl (C=O) groups is 1. The maximum atomic E-state index is 13.1. The molecule has 3 nitrogen and oxygen atoms in total. The van der Waals surface area contributed by atoms with E-state index in [0.717, 1.165) is 0 Å². The summed E-state index contributed by atoms with van der Waals surface area (Å²) in [5.74, 6) is -0.708. The highest BCUT2D eigenvalue weighted by atomic mass is 19.1. The molecule has 0 fully saturated rings. The first-order valence-corrected chi connectivity index (χ1v) is 3.68. The molecule has 1 atom stereocenters. The van der Waals surface area contributed by atoms with E-state index in [-0.39, 0.29) is 11.0 Å². The van der Waals surface area contributed by atoms with Gasteiger partial charge >= 0.3 is 7.12 Å². The molecular weight excluding hydrogens is 148 g/mol. The van der Waals surface area contributed by atoms with Crippen LogP contribution in [0.3, 0.4) is 0 Å². The smallest absolute Gasteiger partial charge is 0.459 e. The Morgan fingerprint density at radius 3 is 2.27 bits per heavy atom. The van der Waals surface area contributed by atoms with Crippen LogP contribution < -0.4 is 0 Å². The van der Waals surface area contributed by atoms with Gasteiger partial charge in [0.1, 0.15) is 0 Å². The second-order valence-electron chi connectivity index (χ2n) is 3.51. The lowest BCUT2D eigenvalue weighted by Crippen LogP contribution is -2.51. The molecule has 0 radical (unpaired) electrons. The van der Waals surface area contributed by atoms with Crippen molar-refractivity contribution >= 4 is 13.0 Å². The first-order valence-electron chi connectivity index (χ1n) is 3.68. The fourth-order valence-electron chi connectivity index (χ4n) is 0.633. The van der Waals surface area contributed by atoms with Gasteiger partial charge in [0.2, 0.25) is 5.87 Å². The average Bonchev–Trinajstić information content (AvgIpc) is 1.85. The molecule has 11 heavy (non-hydrogen) atoms. The third kappa shape index (κ3) is 3.37. The first kappa shape index (κ1) is 10.4. The number of hydrogen-bond donors (Lipinski definition) is 0. The fourth-order valence-corrected chi connectivity index (χ4v) is 0.633. The molecule has 66 valence electrons. The molecule has 0 aliphatic rings. The van der Waals surface area contributed by atoms with Crippen molar-refractivity contribution in [3.63, 3.8) is 0 Å². The Bertz CT molecular complexity index is 146. The van der Waals surface area contributed by atoms with Gasteiger partial charge in [-0.1, -0.05) is 0 Å². The van der Waals surface area contributed by atoms with Crippen LogP contribution in [0, 0.1) is 0 Å². The summed E-state index contributed by atoms with van der Waals surface area (Å²) < 4.78 is 17.6. The second kappa shape index (κ2) is 3.71. The molecule has 0 saturated carbocycles. The summed E-state index contributed by atoms with van der Waals surface area (Å²) in [7, 11) is 2.52. The molecule has 0 aromatic carbocycles. The number of hydrogen-bond acceptors (Lipinski definition) is 2. The largest absolute Gasteiger partial charge is 0.491 e. The lowest BCUT2D eigenvalue weighted by atomic mass is 9.83. The summed E-state index contributed by atoms with van der Waals surface area (Å²) in [6, 6.07) is 0. The standard InChI is InChI=1S/C6H15BFNO2/c1-5-11-6(10)7(8)9(2,3)4/h7H,5H2,1-4H3. The number of carbonyl (C=O) groups excluding carboxylic acids is 1. The molecule has 5 heteroatoms. The van der Waals surface area contributed by atoms with Gasteiger partial charge in [-0.2, -0.15) is 0 Å². The summed E-state index contributed by atoms with van der Waals surface area (Å²) in [5.41, 5.74) is 0. The molecule has 0 aliphatic carbocycles. The molecule has 0 heterocycles. The SMILES string of the molecule is CCOC(=O)[BH-](F)[N+](C)(C)C. The van der Waals surface area contributed by atoms with E-state index in [2.05, 4.69) is 4.74 Å². The molecule has 0 aromatic heterocycles. The first-order chi connectivity index (χ1) is 4.89. The Morgan fingerprint density at radius 2 is 2.00 bits per heavy atom. The van der Waals surface area contributed by atoms with Crippen molar-refractivity contribution in [1.29, 1.82) is 0 Å². The molecule has 0 bridgehead atoms. The van der Waals surface area contributed by atoms with E-state index in [1.165, 1.54) is 0 Å². The predicted molar refractivity (Wildman–Crippen MR) is 43.3 cm³/mol. The van der Waals surface area contributed by atoms with Crippen LogP contribution in [0.5, 0.6) is 0 Å². The third-order valence-electron chi connectivity index (χ3n) is 1.38. The quantitative estimate of drug-likeness (QED) is 0.570. The van der Waals surface area contributed by atoms with E-state index in [1.54, 1.807) is 28.1 Å². The minimum Gasteiger partial charge on any atom is -0.491 e. The molecule has 0 aromatic rings. The van der Waals surface area contributed by atoms with Crippen molar-refractivity contribution in [1.82, 2.24) is 0 Å². The van der Waals surface area contributed by atoms with Gasteiger partial charge in [-0.15, -0.1) is 0 Å². The van der Waals surface area contributed by atoms with Crippen LogP contribution in [-0.4, -0.2) is 45.1 Å². The number of quaternary nitrogens is 1. The maximum Gasteiger partial charge on any atom is 0.459 e. The minimum absolute atomic E-state index is 0.0266. The van der Waals surface area contributed by atoms with Crippen LogP contribution in [-0.2, 0) is 4.74 Å². The third-order valence-corrected chi connectivity index (χ3v) is 1.38. The lowest BCUT2D eigenvalue weighted by Gasteiger charge is -2.35. The summed E-state index contributed by atoms with van der Waals surface area (Å²) >= 11 is 0. The van der Waals surface area contributed by atoms with Gasteiger partial charge in [0.15, 0.2) is 0 Å². The van der Waals surface area contributed by atoms with Crippen molar-refractivity contribution in [3.8, 4) is 0 Å². The second-order valence-corrected chi connectivity index (χ2v) is 3.51. The Morgan fingerprint density at radius 1 is 1.55 bits per heavy atom. The van der Waals surface area contributed by atoms with Gasteiger partial charge in [-0.25, -0.2) is 0 Å². The number of rotatable bonds is 3. The van der Waals surface area contributed by atoms with Crippen molar-refractivity contribution in [2.75, 3.05) is 27.7 Å². The van der Waals surface area contributed by atoms with Gasteiger partial charge < -0.3 is 13.4 Å². The van der Waals surface area contributed by atoms with E-state index in [1.807, 2.05) is 0 Å². The van der Waals surface area contributed by atoms with Crippen LogP contribution in [0.15, 0.2) is 0 Å². The predicted octanol–water partition coefficient (Wildman–Crippen LogP) is 0.621. The Kier molecular flexibility index (Phi) is 3.52. The molecule has 0 amide bonds. The topological polar surface area (TPSA) is 26.3 Å². The van der Waals surface area contributed by atoms with Gasteiger partial charge in [-0.05, 0) is 6.92 Å². The summed E-state index contributed by atoms with van der Waals surface area (Å²) in [6.45, 7) is 1.91. The van der Waals surface area contributed by atoms with Crippen molar-refractivity contribution in [2.24, 2.45) is 0 Å². The minimum atomic E-state index is -2.39. The normalized spacial score (nSPS) is 14.3. The molecule has 0 aliphatic heterocycles. The van der Waals surface area contributed by atoms with Crippen LogP contribution >= 0.6 is 0 Å². The summed E-state index contributed by atoms with van der Waals surface area (Å²) in [6.07, 6.45) is 0. The van der Waals surface area contributed by atoms with Crippen LogP contribution in [0.25, 0.3) is 0 Å². The van der Waals surface area contributed by atoms with Gasteiger partial charge in [-0.3, -0.25) is 4.79 Å². The lowest BCUT2D eigenvalue weighted by molar-refractivity contribution is -0.765. The number of nitrogens with zero attached hydrogens (tertiary/aromatic N) is 1. The fraction of sp³-hybridized carbons (Fsp3) is 0.833. The molecule has 0 spiro atoms. The van der Waals surface area contributed by atoms with Crippen LogP contribution in [0.2, 0.25) is 0 Å². The monoisotopic (exact) mass is 163 g/mol. The Hall–Kier alpha value is -0.575. The number of ether oxygens (including phenoxy) is 1. The highest BCUT2D eigenvalue weighted by Crippen LogP contribution is 2.02. The maximum absolute atomic E-state index is 13.1. The molecule has 0 N–H and O–H groups in total. The summed E-state index contributed by atoms with van der Waals surface area (Å²) in [4.78, 5) is 10.8. The Labute approximate surface area is 66.9 Å². The molecular formula is C6H15BFNO2. The van der Waals surface area contributed by atoms with Gasteiger partial charge in [0, 0.05) is 21.1 Å². The van der Waals surface area contributed by atoms with Crippen LogP contribution in [0.1, 0.15) is 6.92 Å². The van der Waals surface area contributed by atoms with E-state index in [0.29, 0.717) is 0 Å². The highest BCUT2D eigenvalue weighted by Gasteiger charge is 2.27. The van der Waals surface area contributed by atoms with Crippen molar-refractivity contribution < 1.29 is 18.2 Å². The van der Waals surface area contributed by atoms with E-state index in [9.17, 15) is 9.11 Å². The van der Waals surface area contributed by atoms with Gasteiger partial charge in [0.05, 0.1) is 6.61 Å². The zero-order chi connectivity index (χ0) is 9.07. The Balaban J connectivity index is 4.03. The van der Waals surface area contributed by atoms with Crippen LogP contribution in [0.4, 0.5) is 9.11 Å². The van der Waals surface area contributed by atoms with Crippen molar-refractivity contribution in [2.45, 2.75) is 6.92 Å². The number of halogens is 1.